The molecule has 0 heterocycles. The quantitative estimate of drug-likeness (QED) is 0.425. The van der Waals surface area contributed by atoms with E-state index in [9.17, 15) is 10.1 Å². The summed E-state index contributed by atoms with van der Waals surface area (Å²) >= 11 is 17.0. The molecule has 70 valence electrons. The van der Waals surface area contributed by atoms with Gasteiger partial charge in [-0.1, -0.05) is 34.8 Å². The predicted molar refractivity (Wildman–Crippen MR) is 52.9 cm³/mol. The summed E-state index contributed by atoms with van der Waals surface area (Å²) in [4.78, 5) is 9.93. The van der Waals surface area contributed by atoms with Crippen LogP contribution in [0.4, 0.5) is 5.69 Å². The van der Waals surface area contributed by atoms with Crippen molar-refractivity contribution in [2.24, 2.45) is 0 Å². The zero-order valence-corrected chi connectivity index (χ0v) is 8.74. The van der Waals surface area contributed by atoms with E-state index in [2.05, 4.69) is 0 Å². The fourth-order valence-corrected chi connectivity index (χ4v) is 1.50. The summed E-state index contributed by atoms with van der Waals surface area (Å²) in [6.45, 7) is 1.52. The summed E-state index contributed by atoms with van der Waals surface area (Å²) in [5.74, 6) is 0. The zero-order valence-electron chi connectivity index (χ0n) is 6.47. The van der Waals surface area contributed by atoms with Crippen molar-refractivity contribution < 1.29 is 4.92 Å². The van der Waals surface area contributed by atoms with Crippen LogP contribution in [0.5, 0.6) is 0 Å². The molecule has 0 spiro atoms. The topological polar surface area (TPSA) is 43.1 Å². The Labute approximate surface area is 89.4 Å². The van der Waals surface area contributed by atoms with Gasteiger partial charge in [0.15, 0.2) is 0 Å². The molecule has 0 amide bonds. The Bertz CT molecular complexity index is 378. The summed E-state index contributed by atoms with van der Waals surface area (Å²) in [5, 5.41) is 10.8. The van der Waals surface area contributed by atoms with Crippen molar-refractivity contribution >= 4 is 40.5 Å². The van der Waals surface area contributed by atoms with Crippen LogP contribution in [0.1, 0.15) is 5.56 Å². The molecule has 0 saturated carbocycles. The van der Waals surface area contributed by atoms with Crippen molar-refractivity contribution in [3.63, 3.8) is 0 Å². The second kappa shape index (κ2) is 3.70. The molecule has 13 heavy (non-hydrogen) atoms. The SMILES string of the molecule is Cc1c([N+](=O)[O-])cc(Cl)c(Cl)c1Cl. The van der Waals surface area contributed by atoms with Gasteiger partial charge in [-0.25, -0.2) is 0 Å². The lowest BCUT2D eigenvalue weighted by Crippen LogP contribution is -1.92. The van der Waals surface area contributed by atoms with Gasteiger partial charge in [-0.15, -0.1) is 0 Å². The standard InChI is InChI=1S/C7H4Cl3NO2/c1-3-5(11(12)13)2-4(8)7(10)6(3)9/h2H,1H3. The molecule has 0 aliphatic rings. The van der Waals surface area contributed by atoms with Crippen LogP contribution in [0.15, 0.2) is 6.07 Å². The molecule has 1 rings (SSSR count). The monoisotopic (exact) mass is 239 g/mol. The summed E-state index contributed by atoms with van der Waals surface area (Å²) < 4.78 is 0. The third-order valence-corrected chi connectivity index (χ3v) is 2.93. The number of nitro benzene ring substituents is 1. The largest absolute Gasteiger partial charge is 0.275 e. The first kappa shape index (κ1) is 10.6. The Kier molecular flexibility index (Phi) is 3.01. The number of halogens is 3. The van der Waals surface area contributed by atoms with Gasteiger partial charge in [0.25, 0.3) is 5.69 Å². The van der Waals surface area contributed by atoms with Crippen molar-refractivity contribution in [3.05, 3.63) is 36.8 Å². The molecule has 0 atom stereocenters. The lowest BCUT2D eigenvalue weighted by molar-refractivity contribution is -0.385. The first-order valence-corrected chi connectivity index (χ1v) is 4.37. The Morgan fingerprint density at radius 2 is 1.85 bits per heavy atom. The van der Waals surface area contributed by atoms with E-state index in [1.807, 2.05) is 0 Å². The molecule has 6 heteroatoms. The van der Waals surface area contributed by atoms with Gasteiger partial charge in [0.2, 0.25) is 0 Å². The summed E-state index contributed by atoms with van der Waals surface area (Å²) in [6.07, 6.45) is 0. The highest BCUT2D eigenvalue weighted by Crippen LogP contribution is 2.37. The van der Waals surface area contributed by atoms with Crippen molar-refractivity contribution in [1.82, 2.24) is 0 Å². The molecular formula is C7H4Cl3NO2. The number of rotatable bonds is 1. The van der Waals surface area contributed by atoms with Crippen LogP contribution in [0, 0.1) is 17.0 Å². The minimum atomic E-state index is -0.552. The van der Waals surface area contributed by atoms with E-state index in [0.29, 0.717) is 5.56 Å². The summed E-state index contributed by atoms with van der Waals surface area (Å²) in [5.41, 5.74) is 0.195. The maximum absolute atomic E-state index is 10.5. The lowest BCUT2D eigenvalue weighted by atomic mass is 10.2. The number of nitro groups is 1. The minimum absolute atomic E-state index is 0.0870. The molecule has 0 fully saturated rings. The Morgan fingerprint density at radius 1 is 1.31 bits per heavy atom. The third kappa shape index (κ3) is 1.88. The first-order valence-electron chi connectivity index (χ1n) is 3.23. The van der Waals surface area contributed by atoms with Crippen LogP contribution < -0.4 is 0 Å². The molecule has 0 unspecified atom stereocenters. The van der Waals surface area contributed by atoms with Crippen molar-refractivity contribution in [2.45, 2.75) is 6.92 Å². The lowest BCUT2D eigenvalue weighted by Gasteiger charge is -2.03. The van der Waals surface area contributed by atoms with E-state index in [1.54, 1.807) is 0 Å². The molecule has 0 aliphatic carbocycles. The molecular weight excluding hydrogens is 236 g/mol. The summed E-state index contributed by atoms with van der Waals surface area (Å²) in [6, 6.07) is 1.19. The van der Waals surface area contributed by atoms with Gasteiger partial charge in [0.1, 0.15) is 0 Å². The minimum Gasteiger partial charge on any atom is -0.258 e. The van der Waals surface area contributed by atoms with Crippen LogP contribution in [0.25, 0.3) is 0 Å². The zero-order chi connectivity index (χ0) is 10.2. The second-order valence-corrected chi connectivity index (χ2v) is 3.55. The Hall–Kier alpha value is -0.510. The molecule has 0 saturated heterocycles. The van der Waals surface area contributed by atoms with Crippen LogP contribution in [-0.2, 0) is 0 Å². The van der Waals surface area contributed by atoms with E-state index < -0.39 is 4.92 Å². The van der Waals surface area contributed by atoms with E-state index in [1.165, 1.54) is 13.0 Å². The molecule has 0 aliphatic heterocycles. The maximum Gasteiger partial charge on any atom is 0.275 e. The molecule has 0 aromatic heterocycles. The van der Waals surface area contributed by atoms with E-state index >= 15 is 0 Å². The highest BCUT2D eigenvalue weighted by molar-refractivity contribution is 6.48. The fraction of sp³-hybridized carbons (Fsp3) is 0.143. The van der Waals surface area contributed by atoms with Crippen LogP contribution in [-0.4, -0.2) is 4.92 Å². The highest BCUT2D eigenvalue weighted by atomic mass is 35.5. The Morgan fingerprint density at radius 3 is 2.31 bits per heavy atom. The average molecular weight is 240 g/mol. The second-order valence-electron chi connectivity index (χ2n) is 2.39. The van der Waals surface area contributed by atoms with Crippen molar-refractivity contribution in [2.75, 3.05) is 0 Å². The van der Waals surface area contributed by atoms with Crippen LogP contribution >= 0.6 is 34.8 Å². The number of nitrogens with zero attached hydrogens (tertiary/aromatic N) is 1. The smallest absolute Gasteiger partial charge is 0.258 e. The van der Waals surface area contributed by atoms with Gasteiger partial charge < -0.3 is 0 Å². The van der Waals surface area contributed by atoms with Gasteiger partial charge in [0.05, 0.1) is 20.0 Å². The molecule has 0 N–H and O–H groups in total. The van der Waals surface area contributed by atoms with Gasteiger partial charge in [-0.2, -0.15) is 0 Å². The van der Waals surface area contributed by atoms with E-state index in [0.717, 1.165) is 0 Å². The van der Waals surface area contributed by atoms with Gasteiger partial charge >= 0.3 is 0 Å². The van der Waals surface area contributed by atoms with Gasteiger partial charge in [0, 0.05) is 11.6 Å². The van der Waals surface area contributed by atoms with E-state index in [4.69, 9.17) is 34.8 Å². The van der Waals surface area contributed by atoms with Crippen LogP contribution in [0.3, 0.4) is 0 Å². The molecule has 3 nitrogen and oxygen atoms in total. The van der Waals surface area contributed by atoms with Gasteiger partial charge in [-0.05, 0) is 6.92 Å². The number of hydrogen-bond acceptors (Lipinski definition) is 2. The molecule has 0 bridgehead atoms. The first-order chi connectivity index (χ1) is 5.95. The maximum atomic E-state index is 10.5. The molecule has 1 aromatic rings. The van der Waals surface area contributed by atoms with Crippen molar-refractivity contribution in [3.8, 4) is 0 Å². The number of benzene rings is 1. The van der Waals surface area contributed by atoms with E-state index in [-0.39, 0.29) is 20.8 Å². The summed E-state index contributed by atoms with van der Waals surface area (Å²) in [7, 11) is 0. The normalized spacial score (nSPS) is 10.2. The fourth-order valence-electron chi connectivity index (χ4n) is 0.863. The van der Waals surface area contributed by atoms with Gasteiger partial charge in [-0.3, -0.25) is 10.1 Å². The third-order valence-electron chi connectivity index (χ3n) is 1.58. The molecule has 1 aromatic carbocycles. The number of hydrogen-bond donors (Lipinski definition) is 0. The average Bonchev–Trinajstić information content (AvgIpc) is 2.07. The van der Waals surface area contributed by atoms with Crippen LogP contribution in [0.2, 0.25) is 15.1 Å². The van der Waals surface area contributed by atoms with Crippen molar-refractivity contribution in [1.29, 1.82) is 0 Å². The molecule has 0 radical (unpaired) electrons. The highest BCUT2D eigenvalue weighted by Gasteiger charge is 2.18. The Balaban J connectivity index is 3.50. The predicted octanol–water partition coefficient (Wildman–Crippen LogP) is 3.86.